The van der Waals surface area contributed by atoms with E-state index in [2.05, 4.69) is 41.5 Å². The lowest BCUT2D eigenvalue weighted by Gasteiger charge is -2.29. The summed E-state index contributed by atoms with van der Waals surface area (Å²) in [4.78, 5) is 3.86. The summed E-state index contributed by atoms with van der Waals surface area (Å²) in [6.07, 6.45) is 5.16. The van der Waals surface area contributed by atoms with Gasteiger partial charge in [0.25, 0.3) is 0 Å². The van der Waals surface area contributed by atoms with Gasteiger partial charge in [-0.05, 0) is 31.0 Å². The van der Waals surface area contributed by atoms with E-state index in [4.69, 9.17) is 0 Å². The van der Waals surface area contributed by atoms with Crippen LogP contribution in [0.25, 0.3) is 0 Å². The zero-order valence-electron chi connectivity index (χ0n) is 11.6. The monoisotopic (exact) mass is 270 g/mol. The van der Waals surface area contributed by atoms with Gasteiger partial charge >= 0.3 is 0 Å². The van der Waals surface area contributed by atoms with E-state index in [1.165, 1.54) is 11.8 Å². The van der Waals surface area contributed by atoms with Gasteiger partial charge < -0.3 is 5.32 Å². The molecule has 0 aliphatic heterocycles. The SMILES string of the molecule is CCNC(c1ccncc1F)C1(c2ccccc2)CC1. The summed E-state index contributed by atoms with van der Waals surface area (Å²) in [5.41, 5.74) is 2.05. The molecule has 104 valence electrons. The molecule has 1 N–H and O–H groups in total. The van der Waals surface area contributed by atoms with Gasteiger partial charge in [0.2, 0.25) is 0 Å². The van der Waals surface area contributed by atoms with Gasteiger partial charge in [-0.25, -0.2) is 4.39 Å². The van der Waals surface area contributed by atoms with Crippen LogP contribution in [0.2, 0.25) is 0 Å². The molecule has 1 saturated carbocycles. The molecule has 0 bridgehead atoms. The number of likely N-dealkylation sites (N-methyl/N-ethyl adjacent to an activating group) is 1. The van der Waals surface area contributed by atoms with E-state index in [0.29, 0.717) is 0 Å². The molecule has 3 rings (SSSR count). The van der Waals surface area contributed by atoms with Gasteiger partial charge in [0.05, 0.1) is 6.20 Å². The summed E-state index contributed by atoms with van der Waals surface area (Å²) < 4.78 is 14.1. The Balaban J connectivity index is 2.02. The van der Waals surface area contributed by atoms with Crippen molar-refractivity contribution in [2.75, 3.05) is 6.54 Å². The predicted molar refractivity (Wildman–Crippen MR) is 78.0 cm³/mol. The van der Waals surface area contributed by atoms with E-state index >= 15 is 0 Å². The van der Waals surface area contributed by atoms with Crippen molar-refractivity contribution in [1.29, 1.82) is 0 Å². The molecule has 1 aromatic heterocycles. The van der Waals surface area contributed by atoms with Gasteiger partial charge in [-0.3, -0.25) is 4.98 Å². The van der Waals surface area contributed by atoms with Crippen molar-refractivity contribution in [3.63, 3.8) is 0 Å². The highest BCUT2D eigenvalue weighted by atomic mass is 19.1. The number of nitrogens with one attached hydrogen (secondary N) is 1. The van der Waals surface area contributed by atoms with Crippen molar-refractivity contribution in [2.45, 2.75) is 31.2 Å². The number of benzene rings is 1. The van der Waals surface area contributed by atoms with Gasteiger partial charge in [-0.2, -0.15) is 0 Å². The van der Waals surface area contributed by atoms with Crippen LogP contribution in [0.5, 0.6) is 0 Å². The van der Waals surface area contributed by atoms with E-state index in [1.54, 1.807) is 12.3 Å². The molecule has 0 spiro atoms. The molecular formula is C17H19FN2. The van der Waals surface area contributed by atoms with E-state index in [0.717, 1.165) is 24.9 Å². The molecular weight excluding hydrogens is 251 g/mol. The van der Waals surface area contributed by atoms with E-state index in [1.807, 2.05) is 6.07 Å². The van der Waals surface area contributed by atoms with Crippen molar-refractivity contribution in [3.05, 3.63) is 65.7 Å². The maximum atomic E-state index is 14.1. The molecule has 1 atom stereocenters. The minimum absolute atomic E-state index is 0.0119. The summed E-state index contributed by atoms with van der Waals surface area (Å²) in [5.74, 6) is -0.222. The molecule has 1 aromatic carbocycles. The van der Waals surface area contributed by atoms with Crippen LogP contribution in [0.1, 0.15) is 36.9 Å². The smallest absolute Gasteiger partial charge is 0.146 e. The number of hydrogen-bond acceptors (Lipinski definition) is 2. The van der Waals surface area contributed by atoms with Crippen LogP contribution >= 0.6 is 0 Å². The predicted octanol–water partition coefficient (Wildman–Crippen LogP) is 3.60. The second-order valence-electron chi connectivity index (χ2n) is 5.41. The molecule has 20 heavy (non-hydrogen) atoms. The van der Waals surface area contributed by atoms with Gasteiger partial charge in [0.1, 0.15) is 5.82 Å². The minimum Gasteiger partial charge on any atom is -0.309 e. The Labute approximate surface area is 119 Å². The fraction of sp³-hybridized carbons (Fsp3) is 0.353. The number of rotatable bonds is 5. The Morgan fingerprint density at radius 1 is 1.25 bits per heavy atom. The number of hydrogen-bond donors (Lipinski definition) is 1. The molecule has 2 nitrogen and oxygen atoms in total. The molecule has 0 saturated heterocycles. The Kier molecular flexibility index (Phi) is 3.53. The van der Waals surface area contributed by atoms with Crippen molar-refractivity contribution in [1.82, 2.24) is 10.3 Å². The van der Waals surface area contributed by atoms with Crippen LogP contribution in [-0.2, 0) is 5.41 Å². The molecule has 1 fully saturated rings. The first kappa shape index (κ1) is 13.3. The highest BCUT2D eigenvalue weighted by molar-refractivity contribution is 5.38. The third kappa shape index (κ3) is 2.22. The number of halogens is 1. The maximum Gasteiger partial charge on any atom is 0.146 e. The second-order valence-corrected chi connectivity index (χ2v) is 5.41. The molecule has 1 aliphatic carbocycles. The zero-order chi connectivity index (χ0) is 14.0. The molecule has 1 aliphatic rings. The Hall–Kier alpha value is -1.74. The zero-order valence-corrected chi connectivity index (χ0v) is 11.6. The molecule has 1 unspecified atom stereocenters. The van der Waals surface area contributed by atoms with Gasteiger partial charge in [0.15, 0.2) is 0 Å². The molecule has 2 aromatic rings. The van der Waals surface area contributed by atoms with Crippen molar-refractivity contribution in [3.8, 4) is 0 Å². The van der Waals surface area contributed by atoms with Gasteiger partial charge in [-0.15, -0.1) is 0 Å². The first-order valence-electron chi connectivity index (χ1n) is 7.16. The summed E-state index contributed by atoms with van der Waals surface area (Å²) in [7, 11) is 0. The summed E-state index contributed by atoms with van der Waals surface area (Å²) in [5, 5.41) is 3.47. The average Bonchev–Trinajstić information content (AvgIpc) is 3.28. The summed E-state index contributed by atoms with van der Waals surface area (Å²) in [6.45, 7) is 2.88. The molecule has 3 heteroatoms. The lowest BCUT2D eigenvalue weighted by Crippen LogP contribution is -2.33. The van der Waals surface area contributed by atoms with Crippen LogP contribution in [0.3, 0.4) is 0 Å². The van der Waals surface area contributed by atoms with Crippen LogP contribution in [0.4, 0.5) is 4.39 Å². The first-order chi connectivity index (χ1) is 9.78. The average molecular weight is 270 g/mol. The van der Waals surface area contributed by atoms with E-state index in [-0.39, 0.29) is 17.3 Å². The number of pyridine rings is 1. The van der Waals surface area contributed by atoms with Gasteiger partial charge in [0, 0.05) is 23.2 Å². The minimum atomic E-state index is -0.222. The van der Waals surface area contributed by atoms with Crippen molar-refractivity contribution < 1.29 is 4.39 Å². The van der Waals surface area contributed by atoms with Crippen LogP contribution < -0.4 is 5.32 Å². The fourth-order valence-electron chi connectivity index (χ4n) is 3.08. The summed E-state index contributed by atoms with van der Waals surface area (Å²) in [6, 6.07) is 12.2. The topological polar surface area (TPSA) is 24.9 Å². The lowest BCUT2D eigenvalue weighted by molar-refractivity contribution is 0.420. The third-order valence-corrected chi connectivity index (χ3v) is 4.21. The van der Waals surface area contributed by atoms with Crippen LogP contribution in [-0.4, -0.2) is 11.5 Å². The summed E-state index contributed by atoms with van der Waals surface area (Å²) >= 11 is 0. The van der Waals surface area contributed by atoms with E-state index < -0.39 is 0 Å². The number of aromatic nitrogens is 1. The Morgan fingerprint density at radius 2 is 2.00 bits per heavy atom. The standard InChI is InChI=1S/C17H19FN2/c1-2-20-16(14-8-11-19-12-15(14)18)17(9-10-17)13-6-4-3-5-7-13/h3-8,11-12,16,20H,2,9-10H2,1H3. The second kappa shape index (κ2) is 5.33. The molecule has 0 radical (unpaired) electrons. The van der Waals surface area contributed by atoms with Gasteiger partial charge in [-0.1, -0.05) is 37.3 Å². The van der Waals surface area contributed by atoms with Crippen molar-refractivity contribution >= 4 is 0 Å². The Morgan fingerprint density at radius 3 is 2.60 bits per heavy atom. The fourth-order valence-corrected chi connectivity index (χ4v) is 3.08. The van der Waals surface area contributed by atoms with Crippen molar-refractivity contribution in [2.24, 2.45) is 0 Å². The highest BCUT2D eigenvalue weighted by Gasteiger charge is 2.51. The van der Waals surface area contributed by atoms with E-state index in [9.17, 15) is 4.39 Å². The Bertz CT molecular complexity index is 579. The lowest BCUT2D eigenvalue weighted by atomic mass is 9.84. The van der Waals surface area contributed by atoms with Crippen LogP contribution in [0.15, 0.2) is 48.8 Å². The third-order valence-electron chi connectivity index (χ3n) is 4.21. The normalized spacial score (nSPS) is 17.7. The molecule has 0 amide bonds. The molecule has 1 heterocycles. The number of nitrogens with zero attached hydrogens (tertiary/aromatic N) is 1. The maximum absolute atomic E-state index is 14.1. The first-order valence-corrected chi connectivity index (χ1v) is 7.16. The van der Waals surface area contributed by atoms with Crippen LogP contribution in [0, 0.1) is 5.82 Å². The largest absolute Gasteiger partial charge is 0.309 e. The quantitative estimate of drug-likeness (QED) is 0.898. The highest BCUT2D eigenvalue weighted by Crippen LogP contribution is 2.56.